The average Bonchev–Trinajstić information content (AvgIpc) is 3.10. The zero-order valence-corrected chi connectivity index (χ0v) is 29.3. The van der Waals surface area contributed by atoms with Gasteiger partial charge in [0.2, 0.25) is 0 Å². The lowest BCUT2D eigenvalue weighted by molar-refractivity contribution is 0.444. The summed E-state index contributed by atoms with van der Waals surface area (Å²) in [6.45, 7) is 3.83. The van der Waals surface area contributed by atoms with E-state index in [1.165, 1.54) is 12.1 Å². The van der Waals surface area contributed by atoms with Crippen LogP contribution in [0.2, 0.25) is 0 Å². The number of aromatic hydroxyl groups is 2. The minimum atomic E-state index is -4.84. The monoisotopic (exact) mass is 740 g/mol. The summed E-state index contributed by atoms with van der Waals surface area (Å²) in [7, 11) is -9.69. The van der Waals surface area contributed by atoms with Gasteiger partial charge in [-0.3, -0.25) is 9.11 Å². The highest BCUT2D eigenvalue weighted by Gasteiger charge is 2.27. The Bertz CT molecular complexity index is 2530. The van der Waals surface area contributed by atoms with Crippen LogP contribution in [0.15, 0.2) is 115 Å². The topological polar surface area (TPSA) is 251 Å². The van der Waals surface area contributed by atoms with Gasteiger partial charge in [0, 0.05) is 21.5 Å². The van der Waals surface area contributed by atoms with Crippen LogP contribution in [0.5, 0.6) is 11.5 Å². The Kier molecular flexibility index (Phi) is 9.41. The van der Waals surface area contributed by atoms with E-state index in [0.717, 1.165) is 22.3 Å². The van der Waals surface area contributed by atoms with Crippen LogP contribution in [-0.4, -0.2) is 36.2 Å². The van der Waals surface area contributed by atoms with Crippen LogP contribution >= 0.6 is 0 Å². The molecule has 0 aliphatic carbocycles. The van der Waals surface area contributed by atoms with Gasteiger partial charge < -0.3 is 21.7 Å². The molecule has 0 aliphatic rings. The number of phenolic OH excluding ortho intramolecular Hbond substituents is 2. The maximum atomic E-state index is 12.2. The van der Waals surface area contributed by atoms with E-state index in [1.54, 1.807) is 60.7 Å². The molecule has 6 rings (SSSR count). The SMILES string of the molecule is CCc1cc(-c2ccc(/N=N/c3c(O)c(S(=O)(=O)O)c4ccccc4c3N)c(CC)c2)ccc1/N=N/c1c(O)c(S(=O)(=O)O)c2ccccc2c1N. The number of aryl methyl sites for hydroxylation is 2. The number of nitrogen functional groups attached to an aromatic ring is 2. The second kappa shape index (κ2) is 13.6. The predicted octanol–water partition coefficient (Wildman–Crippen LogP) is 8.68. The van der Waals surface area contributed by atoms with Gasteiger partial charge in [0.05, 0.1) is 22.7 Å². The molecule has 0 saturated heterocycles. The molecular weight excluding hydrogens is 709 g/mol. The van der Waals surface area contributed by atoms with Crippen molar-refractivity contribution in [3.63, 3.8) is 0 Å². The summed E-state index contributed by atoms with van der Waals surface area (Å²) >= 11 is 0. The normalized spacial score (nSPS) is 12.5. The number of nitrogens with two attached hydrogens (primary N) is 2. The number of fused-ring (bicyclic) bond motifs is 2. The van der Waals surface area contributed by atoms with E-state index in [2.05, 4.69) is 20.5 Å². The third-order valence-corrected chi connectivity index (χ3v) is 10.5. The summed E-state index contributed by atoms with van der Waals surface area (Å²) in [6, 6.07) is 23.1. The zero-order chi connectivity index (χ0) is 37.5. The smallest absolute Gasteiger partial charge is 0.298 e. The summed E-state index contributed by atoms with van der Waals surface area (Å²) < 4.78 is 68.5. The van der Waals surface area contributed by atoms with Gasteiger partial charge in [0.15, 0.2) is 22.9 Å². The average molecular weight is 741 g/mol. The van der Waals surface area contributed by atoms with Crippen LogP contribution in [0.25, 0.3) is 32.7 Å². The molecule has 0 amide bonds. The van der Waals surface area contributed by atoms with Crippen LogP contribution in [0.3, 0.4) is 0 Å². The lowest BCUT2D eigenvalue weighted by atomic mass is 9.98. The summed E-state index contributed by atoms with van der Waals surface area (Å²) in [4.78, 5) is -1.43. The minimum absolute atomic E-state index is 0.0133. The van der Waals surface area contributed by atoms with Gasteiger partial charge >= 0.3 is 0 Å². The van der Waals surface area contributed by atoms with Gasteiger partial charge in [-0.25, -0.2) is 0 Å². The van der Waals surface area contributed by atoms with Gasteiger partial charge in [-0.1, -0.05) is 74.5 Å². The second-order valence-corrected chi connectivity index (χ2v) is 14.4. The Hall–Kier alpha value is -5.94. The first-order valence-electron chi connectivity index (χ1n) is 15.8. The highest BCUT2D eigenvalue weighted by molar-refractivity contribution is 7.86. The molecule has 0 heterocycles. The van der Waals surface area contributed by atoms with Crippen LogP contribution in [0.4, 0.5) is 34.1 Å². The summed E-state index contributed by atoms with van der Waals surface area (Å²) in [6.07, 6.45) is 1.07. The van der Waals surface area contributed by atoms with Gasteiger partial charge in [-0.2, -0.15) is 27.1 Å². The first-order valence-corrected chi connectivity index (χ1v) is 18.6. The molecule has 8 N–H and O–H groups in total. The molecule has 0 radical (unpaired) electrons. The van der Waals surface area contributed by atoms with E-state index in [1.807, 2.05) is 26.0 Å². The molecule has 52 heavy (non-hydrogen) atoms. The number of benzene rings is 6. The van der Waals surface area contributed by atoms with E-state index in [-0.39, 0.29) is 44.3 Å². The molecule has 0 spiro atoms. The molecule has 0 unspecified atom stereocenters. The fourth-order valence-corrected chi connectivity index (χ4v) is 7.63. The Morgan fingerprint density at radius 2 is 0.885 bits per heavy atom. The van der Waals surface area contributed by atoms with Crippen molar-refractivity contribution >= 4 is 75.9 Å². The molecule has 6 aromatic carbocycles. The Morgan fingerprint density at radius 1 is 0.538 bits per heavy atom. The van der Waals surface area contributed by atoms with Crippen molar-refractivity contribution in [1.29, 1.82) is 0 Å². The van der Waals surface area contributed by atoms with Crippen molar-refractivity contribution in [2.45, 2.75) is 36.5 Å². The van der Waals surface area contributed by atoms with Crippen LogP contribution < -0.4 is 11.5 Å². The maximum Gasteiger partial charge on any atom is 0.298 e. The van der Waals surface area contributed by atoms with Crippen LogP contribution in [0.1, 0.15) is 25.0 Å². The van der Waals surface area contributed by atoms with Crippen LogP contribution in [0, 0.1) is 0 Å². The van der Waals surface area contributed by atoms with Crippen molar-refractivity contribution in [2.75, 3.05) is 11.5 Å². The van der Waals surface area contributed by atoms with Gasteiger partial charge in [-0.05, 0) is 59.4 Å². The zero-order valence-electron chi connectivity index (χ0n) is 27.7. The van der Waals surface area contributed by atoms with Crippen molar-refractivity contribution < 1.29 is 36.2 Å². The highest BCUT2D eigenvalue weighted by Crippen LogP contribution is 2.47. The second-order valence-electron chi connectivity index (χ2n) is 11.7. The number of rotatable bonds is 9. The number of anilines is 2. The third-order valence-electron chi connectivity index (χ3n) is 8.60. The Labute approximate surface area is 298 Å². The van der Waals surface area contributed by atoms with E-state index in [4.69, 9.17) is 11.5 Å². The first kappa shape index (κ1) is 35.9. The maximum absolute atomic E-state index is 12.2. The number of hydrogen-bond acceptors (Lipinski definition) is 12. The molecule has 0 aliphatic heterocycles. The summed E-state index contributed by atoms with van der Waals surface area (Å²) in [5, 5.41) is 39.1. The highest BCUT2D eigenvalue weighted by atomic mass is 32.2. The van der Waals surface area contributed by atoms with E-state index < -0.39 is 41.5 Å². The quantitative estimate of drug-likeness (QED) is 0.0467. The van der Waals surface area contributed by atoms with Crippen molar-refractivity contribution in [2.24, 2.45) is 20.5 Å². The van der Waals surface area contributed by atoms with Gasteiger partial charge in [0.25, 0.3) is 20.2 Å². The lowest BCUT2D eigenvalue weighted by Gasteiger charge is -2.13. The number of nitrogens with zero attached hydrogens (tertiary/aromatic N) is 4. The molecule has 0 atom stereocenters. The van der Waals surface area contributed by atoms with E-state index in [0.29, 0.717) is 24.2 Å². The van der Waals surface area contributed by atoms with E-state index in [9.17, 15) is 36.2 Å². The molecule has 16 heteroatoms. The molecule has 0 saturated carbocycles. The fourth-order valence-electron chi connectivity index (χ4n) is 6.04. The first-order chi connectivity index (χ1) is 24.6. The Morgan fingerprint density at radius 3 is 1.21 bits per heavy atom. The van der Waals surface area contributed by atoms with Gasteiger partial charge in [-0.15, -0.1) is 10.2 Å². The molecule has 6 aromatic rings. The van der Waals surface area contributed by atoms with E-state index >= 15 is 0 Å². The molecule has 266 valence electrons. The lowest BCUT2D eigenvalue weighted by Crippen LogP contribution is -2.02. The Balaban J connectivity index is 1.35. The van der Waals surface area contributed by atoms with Crippen LogP contribution in [-0.2, 0) is 33.1 Å². The number of phenols is 2. The molecular formula is C36H32N6O8S2. The standard InChI is InChI=1S/C36H32N6O8S2/c1-3-19-17-21(13-15-27(19)39-41-31-29(37)23-9-5-7-11-25(23)35(33(31)43)51(45,46)47)22-14-16-28(20(4-2)18-22)40-42-32-30(38)24-10-6-8-12-26(24)36(34(32)44)52(48,49)50/h5-18,43-44H,3-4,37-38H2,1-2H3,(H,45,46,47)(H,48,49,50)/b41-39+,42-40+. The molecule has 0 fully saturated rings. The number of hydrogen-bond donors (Lipinski definition) is 6. The minimum Gasteiger partial charge on any atom is -0.504 e. The molecule has 0 bridgehead atoms. The third kappa shape index (κ3) is 6.51. The van der Waals surface area contributed by atoms with Gasteiger partial charge in [0.1, 0.15) is 9.79 Å². The summed E-state index contributed by atoms with van der Waals surface area (Å²) in [5.41, 5.74) is 16.0. The van der Waals surface area contributed by atoms with Crippen molar-refractivity contribution in [1.82, 2.24) is 0 Å². The summed E-state index contributed by atoms with van der Waals surface area (Å²) in [5.74, 6) is -1.64. The molecule has 0 aromatic heterocycles. The van der Waals surface area contributed by atoms with Crippen molar-refractivity contribution in [3.05, 3.63) is 96.1 Å². The predicted molar refractivity (Wildman–Crippen MR) is 199 cm³/mol. The fraction of sp³-hybridized carbons (Fsp3) is 0.111. The molecule has 14 nitrogen and oxygen atoms in total. The number of azo groups is 2. The van der Waals surface area contributed by atoms with Crippen molar-refractivity contribution in [3.8, 4) is 22.6 Å². The largest absolute Gasteiger partial charge is 0.504 e.